The topological polar surface area (TPSA) is 572 Å². The van der Waals surface area contributed by atoms with Gasteiger partial charge in [-0.15, -0.1) is 0 Å². The van der Waals surface area contributed by atoms with Gasteiger partial charge in [0.05, 0.1) is 39.6 Å². The number of hydrogen-bond acceptors (Lipinski definition) is 36. The van der Waals surface area contributed by atoms with Crippen molar-refractivity contribution in [3.8, 4) is 0 Å². The third kappa shape index (κ3) is 16.1. The van der Waals surface area contributed by atoms with E-state index in [0.29, 0.717) is 19.5 Å². The fraction of sp³-hybridized carbons (Fsp3) is 1.00. The van der Waals surface area contributed by atoms with E-state index in [1.165, 1.54) is 0 Å². The van der Waals surface area contributed by atoms with Crippen molar-refractivity contribution >= 4 is 0 Å². The van der Waals surface area contributed by atoms with Crippen molar-refractivity contribution in [1.82, 2.24) is 5.32 Å². The molecule has 36 nitrogen and oxygen atoms in total. The smallest absolute Gasteiger partial charge is 0.187 e. The highest BCUT2D eigenvalue weighted by molar-refractivity contribution is 5.02. The Balaban J connectivity index is 1.06. The van der Waals surface area contributed by atoms with Gasteiger partial charge in [-0.1, -0.05) is 38.5 Å². The van der Waals surface area contributed by atoms with Gasteiger partial charge in [0.1, 0.15) is 171 Å². The molecule has 0 unspecified atom stereocenters. The predicted molar refractivity (Wildman–Crippen MR) is 280 cm³/mol. The zero-order chi connectivity index (χ0) is 63.8. The standard InChI is InChI=1S/C52H92N2O34/c53-9-7-5-3-1-2-4-6-8-10-54-11-18-39-25(61)32(68)46(75-18)83-40-19(12-55)77-48(34(70)27(40)63)85-42-21(14-57)79-50(36(72)29(42)65)87-44-23(16-59)81-52(38(74)31(44)67)88-45-24(17-60)80-51(37(73)30(45)66)86-43-22(15-58)78-49(35(71)28(43)64)84-41-20(13-56)76-47(82-39)33(69)26(41)62/h18-52,54-74H,1-17,53H2/t18-,19-,20-,21-,22-,23-,24-,25-,26-,27-,28-,29-,30-,31-,32-,33-,34-,35-,36-,37-,38-,39-,40-,41-,42-,43-,44-,45-,46-,47-,48-,49-,50-,51-,52-/m1/s1. The van der Waals surface area contributed by atoms with Gasteiger partial charge in [-0.25, -0.2) is 0 Å². The van der Waals surface area contributed by atoms with Crippen LogP contribution in [-0.4, -0.2) is 376 Å². The van der Waals surface area contributed by atoms with Crippen LogP contribution in [0, 0.1) is 0 Å². The summed E-state index contributed by atoms with van der Waals surface area (Å²) in [5.41, 5.74) is 5.60. The number of rotatable bonds is 18. The van der Waals surface area contributed by atoms with Crippen LogP contribution in [0.1, 0.15) is 51.4 Å². The van der Waals surface area contributed by atoms with Gasteiger partial charge in [-0.2, -0.15) is 0 Å². The van der Waals surface area contributed by atoms with E-state index in [1.54, 1.807) is 0 Å². The largest absolute Gasteiger partial charge is 0.394 e. The quantitative estimate of drug-likeness (QED) is 0.0567. The molecule has 0 saturated carbocycles. The number of hydrogen-bond donors (Lipinski definition) is 22. The van der Waals surface area contributed by atoms with Crippen molar-refractivity contribution in [1.29, 1.82) is 0 Å². The van der Waals surface area contributed by atoms with E-state index >= 15 is 0 Å². The van der Waals surface area contributed by atoms with E-state index < -0.39 is 255 Å². The lowest BCUT2D eigenvalue weighted by molar-refractivity contribution is -0.396. The minimum atomic E-state index is -2.20. The first-order valence-electron chi connectivity index (χ1n) is 29.9. The second-order valence-electron chi connectivity index (χ2n) is 23.3. The molecule has 21 fully saturated rings. The summed E-state index contributed by atoms with van der Waals surface area (Å²) in [5, 5.41) is 227. The maximum Gasteiger partial charge on any atom is 0.187 e. The Morgan fingerprint density at radius 3 is 0.614 bits per heavy atom. The van der Waals surface area contributed by atoms with Crippen molar-refractivity contribution in [3.05, 3.63) is 0 Å². The van der Waals surface area contributed by atoms with Crippen LogP contribution in [0.5, 0.6) is 0 Å². The van der Waals surface area contributed by atoms with Crippen molar-refractivity contribution < 1.29 is 168 Å². The monoisotopic (exact) mass is 1290 g/mol. The van der Waals surface area contributed by atoms with E-state index in [9.17, 15) is 102 Å². The van der Waals surface area contributed by atoms with E-state index in [2.05, 4.69) is 5.32 Å². The van der Waals surface area contributed by atoms with Crippen molar-refractivity contribution in [3.63, 3.8) is 0 Å². The highest BCUT2D eigenvalue weighted by Crippen LogP contribution is 2.39. The fourth-order valence-electron chi connectivity index (χ4n) is 12.1. The third-order valence-electron chi connectivity index (χ3n) is 17.3. The van der Waals surface area contributed by atoms with Gasteiger partial charge in [-0.05, 0) is 25.9 Å². The first-order chi connectivity index (χ1) is 42.2. The molecule has 514 valence electrons. The molecule has 0 aliphatic carbocycles. The van der Waals surface area contributed by atoms with Crippen molar-refractivity contribution in [2.45, 2.75) is 266 Å². The molecule has 14 bridgehead atoms. The molecule has 0 amide bonds. The minimum absolute atomic E-state index is 0.187. The first kappa shape index (κ1) is 72.4. The molecule has 36 heteroatoms. The summed E-state index contributed by atoms with van der Waals surface area (Å²) in [6.07, 6.45) is -61.4. The number of aliphatic hydroxyl groups excluding tert-OH is 20. The summed E-state index contributed by atoms with van der Waals surface area (Å²) >= 11 is 0. The maximum absolute atomic E-state index is 11.8. The molecule has 0 aromatic rings. The number of aliphatic hydroxyl groups is 20. The summed E-state index contributed by atoms with van der Waals surface area (Å²) in [5.74, 6) is 0. The lowest BCUT2D eigenvalue weighted by atomic mass is 9.95. The Morgan fingerprint density at radius 2 is 0.409 bits per heavy atom. The summed E-state index contributed by atoms with van der Waals surface area (Å²) in [4.78, 5) is 0. The fourth-order valence-corrected chi connectivity index (χ4v) is 12.1. The van der Waals surface area contributed by atoms with Gasteiger partial charge in [0.25, 0.3) is 0 Å². The summed E-state index contributed by atoms with van der Waals surface area (Å²) in [6, 6.07) is 0. The Morgan fingerprint density at radius 1 is 0.227 bits per heavy atom. The molecule has 21 saturated heterocycles. The summed E-state index contributed by atoms with van der Waals surface area (Å²) in [6.45, 7) is -5.34. The van der Waals surface area contributed by atoms with E-state index in [0.717, 1.165) is 44.9 Å². The Hall–Kier alpha value is -1.44. The van der Waals surface area contributed by atoms with Crippen LogP contribution in [0.25, 0.3) is 0 Å². The highest BCUT2D eigenvalue weighted by Gasteiger charge is 2.59. The van der Waals surface area contributed by atoms with E-state index in [1.807, 2.05) is 0 Å². The van der Waals surface area contributed by atoms with Gasteiger partial charge in [0.15, 0.2) is 44.0 Å². The molecule has 35 atom stereocenters. The molecule has 21 aliphatic heterocycles. The Bertz CT molecular complexity index is 2020. The number of nitrogens with one attached hydrogen (secondary N) is 1. The van der Waals surface area contributed by atoms with Crippen molar-refractivity contribution in [2.24, 2.45) is 5.73 Å². The molecule has 88 heavy (non-hydrogen) atoms. The zero-order valence-electron chi connectivity index (χ0n) is 48.0. The van der Waals surface area contributed by atoms with Gasteiger partial charge < -0.3 is 179 Å². The molecule has 21 rings (SSSR count). The van der Waals surface area contributed by atoms with Gasteiger partial charge in [0, 0.05) is 6.54 Å². The van der Waals surface area contributed by atoms with Crippen molar-refractivity contribution in [2.75, 3.05) is 59.3 Å². The predicted octanol–water partition coefficient (Wildman–Crippen LogP) is -12.6. The zero-order valence-corrected chi connectivity index (χ0v) is 48.0. The molecule has 21 heterocycles. The number of nitrogens with two attached hydrogens (primary N) is 1. The van der Waals surface area contributed by atoms with E-state index in [-0.39, 0.29) is 6.54 Å². The molecule has 0 aromatic carbocycles. The molecule has 0 aromatic heterocycles. The summed E-state index contributed by atoms with van der Waals surface area (Å²) < 4.78 is 81.7. The Labute approximate surface area is 504 Å². The van der Waals surface area contributed by atoms with Gasteiger partial charge >= 0.3 is 0 Å². The SMILES string of the molecule is NCCCCCCCCCCNC[C@H]1O[C@@H]2O[C@H]3[C@H](O)[C@@H](O)[C@@H](O[C@H]4[C@H](O)[C@@H](O)[C@@H](O[C@H]5[C@H](O)[C@@H](O)[C@@H](O[C@H]6[C@H](O)[C@@H](O)[C@@H](O[C@H]7[C@H](O)[C@@H](O)[C@@H](O[C@H]8[C@H](O)[C@@H](O)[C@@H](O[C@H]1[C@H](O)[C@H]2O)O[C@@H]8CO)O[C@@H]7CO)O[C@@H]6CO)O[C@@H]5CO)O[C@@H]4CO)O[C@@H]3CO. The van der Waals surface area contributed by atoms with Crippen LogP contribution >= 0.6 is 0 Å². The number of unbranched alkanes of at least 4 members (excludes halogenated alkanes) is 7. The molecular weight excluding hydrogens is 1200 g/mol. The average Bonchev–Trinajstić information content (AvgIpc) is 2.12. The maximum atomic E-state index is 11.8. The van der Waals surface area contributed by atoms with E-state index in [4.69, 9.17) is 72.0 Å². The highest BCUT2D eigenvalue weighted by atomic mass is 16.8. The summed E-state index contributed by atoms with van der Waals surface area (Å²) in [7, 11) is 0. The van der Waals surface area contributed by atoms with Crippen LogP contribution in [0.4, 0.5) is 0 Å². The molecule has 23 N–H and O–H groups in total. The second-order valence-corrected chi connectivity index (χ2v) is 23.3. The Kier molecular flexibility index (Phi) is 27.4. The second kappa shape index (κ2) is 33.3. The van der Waals surface area contributed by atoms with Crippen LogP contribution in [0.3, 0.4) is 0 Å². The molecule has 0 radical (unpaired) electrons. The van der Waals surface area contributed by atoms with Crippen LogP contribution < -0.4 is 11.1 Å². The lowest BCUT2D eigenvalue weighted by Gasteiger charge is -2.50. The lowest BCUT2D eigenvalue weighted by Crippen LogP contribution is -2.68. The molecular formula is C52H92N2O34. The molecule has 21 aliphatic rings. The van der Waals surface area contributed by atoms with Crippen LogP contribution in [-0.2, 0) is 66.3 Å². The third-order valence-corrected chi connectivity index (χ3v) is 17.3. The normalized spacial score (nSPS) is 49.9. The molecule has 0 spiro atoms. The van der Waals surface area contributed by atoms with Crippen LogP contribution in [0.15, 0.2) is 0 Å². The average molecular weight is 1290 g/mol. The number of ether oxygens (including phenoxy) is 14. The van der Waals surface area contributed by atoms with Crippen LogP contribution in [0.2, 0.25) is 0 Å². The van der Waals surface area contributed by atoms with Gasteiger partial charge in [0.2, 0.25) is 0 Å². The van der Waals surface area contributed by atoms with Gasteiger partial charge in [-0.3, -0.25) is 0 Å². The minimum Gasteiger partial charge on any atom is -0.394 e. The first-order valence-corrected chi connectivity index (χ1v) is 29.9.